The van der Waals surface area contributed by atoms with Gasteiger partial charge in [-0.05, 0) is 93.1 Å². The number of esters is 1. The van der Waals surface area contributed by atoms with E-state index in [0.29, 0.717) is 24.1 Å². The van der Waals surface area contributed by atoms with E-state index in [-0.39, 0.29) is 30.6 Å². The molecule has 38 heavy (non-hydrogen) atoms. The minimum absolute atomic E-state index is 0.0825. The van der Waals surface area contributed by atoms with Crippen molar-refractivity contribution in [3.05, 3.63) is 76.1 Å². The van der Waals surface area contributed by atoms with Crippen LogP contribution in [0.1, 0.15) is 60.6 Å². The third-order valence-electron chi connectivity index (χ3n) is 6.73. The van der Waals surface area contributed by atoms with Crippen LogP contribution >= 0.6 is 0 Å². The first kappa shape index (κ1) is 29.8. The van der Waals surface area contributed by atoms with Crippen LogP contribution in [0.15, 0.2) is 42.5 Å². The third-order valence-corrected chi connectivity index (χ3v) is 6.73. The van der Waals surface area contributed by atoms with Gasteiger partial charge in [0.1, 0.15) is 5.82 Å². The summed E-state index contributed by atoms with van der Waals surface area (Å²) >= 11 is 0. The second-order valence-electron chi connectivity index (χ2n) is 9.63. The first-order chi connectivity index (χ1) is 18.0. The summed E-state index contributed by atoms with van der Waals surface area (Å²) in [5.74, 6) is -0.837. The zero-order valence-corrected chi connectivity index (χ0v) is 21.9. The molecule has 0 spiro atoms. The van der Waals surface area contributed by atoms with Crippen LogP contribution in [-0.4, -0.2) is 54.4 Å². The van der Waals surface area contributed by atoms with Crippen molar-refractivity contribution in [2.45, 2.75) is 64.5 Å². The number of ether oxygens (including phenoxy) is 2. The van der Waals surface area contributed by atoms with Gasteiger partial charge in [0.15, 0.2) is 0 Å². The van der Waals surface area contributed by atoms with E-state index in [4.69, 9.17) is 9.47 Å². The summed E-state index contributed by atoms with van der Waals surface area (Å²) in [6, 6.07) is 8.62. The highest BCUT2D eigenvalue weighted by Crippen LogP contribution is 2.33. The molecule has 1 fully saturated rings. The molecule has 0 bridgehead atoms. The van der Waals surface area contributed by atoms with Crippen molar-refractivity contribution in [3.63, 3.8) is 0 Å². The number of halogens is 4. The lowest BCUT2D eigenvalue weighted by Gasteiger charge is -2.28. The Morgan fingerprint density at radius 2 is 2.00 bits per heavy atom. The van der Waals surface area contributed by atoms with Crippen molar-refractivity contribution in [2.24, 2.45) is 0 Å². The highest BCUT2D eigenvalue weighted by molar-refractivity contribution is 5.87. The zero-order chi connectivity index (χ0) is 27.9. The molecule has 3 rings (SSSR count). The number of nitrogens with zero attached hydrogens (tertiary/aromatic N) is 1. The number of hydrogen-bond donors (Lipinski definition) is 1. The molecule has 9 heteroatoms. The maximum absolute atomic E-state index is 14.0. The molecular formula is C29H35F4NO4. The molecule has 1 aliphatic rings. The van der Waals surface area contributed by atoms with E-state index < -0.39 is 29.9 Å². The molecule has 1 saturated heterocycles. The number of aliphatic hydroxyl groups excluding tert-OH is 1. The van der Waals surface area contributed by atoms with Gasteiger partial charge < -0.3 is 14.6 Å². The molecule has 5 nitrogen and oxygen atoms in total. The minimum Gasteiger partial charge on any atom is -0.463 e. The van der Waals surface area contributed by atoms with Crippen LogP contribution in [0.5, 0.6) is 0 Å². The second-order valence-corrected chi connectivity index (χ2v) is 9.63. The number of aryl methyl sites for hydroxylation is 1. The SMILES string of the molecule is CCOC(=O)/C=C/c1ccc(C(F)(F)F)cc1[C@@H](C)OC[C@H](O)CN1CCC[C@H]1Cc1ccc(C)c(F)c1. The Morgan fingerprint density at radius 1 is 1.24 bits per heavy atom. The Kier molecular flexibility index (Phi) is 10.5. The van der Waals surface area contributed by atoms with Crippen molar-refractivity contribution < 1.29 is 36.9 Å². The Balaban J connectivity index is 1.64. The van der Waals surface area contributed by atoms with Gasteiger partial charge in [0.2, 0.25) is 0 Å². The van der Waals surface area contributed by atoms with Crippen molar-refractivity contribution >= 4 is 12.0 Å². The fourth-order valence-electron chi connectivity index (χ4n) is 4.67. The molecule has 1 heterocycles. The number of alkyl halides is 3. The van der Waals surface area contributed by atoms with Crippen LogP contribution in [0.25, 0.3) is 6.08 Å². The van der Waals surface area contributed by atoms with Crippen LogP contribution in [0.2, 0.25) is 0 Å². The van der Waals surface area contributed by atoms with E-state index in [2.05, 4.69) is 4.90 Å². The molecule has 0 amide bonds. The molecule has 2 aromatic carbocycles. The molecule has 0 radical (unpaired) electrons. The number of carbonyl (C=O) groups is 1. The molecule has 3 atom stereocenters. The average molecular weight is 538 g/mol. The van der Waals surface area contributed by atoms with Gasteiger partial charge >= 0.3 is 12.1 Å². The molecule has 2 aromatic rings. The van der Waals surface area contributed by atoms with E-state index in [1.165, 1.54) is 12.1 Å². The van der Waals surface area contributed by atoms with Gasteiger partial charge in [-0.25, -0.2) is 9.18 Å². The number of carbonyl (C=O) groups excluding carboxylic acids is 1. The first-order valence-electron chi connectivity index (χ1n) is 12.8. The van der Waals surface area contributed by atoms with Gasteiger partial charge in [-0.15, -0.1) is 0 Å². The summed E-state index contributed by atoms with van der Waals surface area (Å²) in [5.41, 5.74) is 1.30. The molecule has 0 unspecified atom stereocenters. The molecule has 208 valence electrons. The summed E-state index contributed by atoms with van der Waals surface area (Å²) in [6.45, 7) is 6.21. The van der Waals surface area contributed by atoms with Crippen LogP contribution in [0, 0.1) is 12.7 Å². The van der Waals surface area contributed by atoms with Crippen LogP contribution in [0.3, 0.4) is 0 Å². The maximum Gasteiger partial charge on any atom is 0.416 e. The van der Waals surface area contributed by atoms with E-state index >= 15 is 0 Å². The lowest BCUT2D eigenvalue weighted by atomic mass is 9.99. The Labute approximate surface area is 221 Å². The molecule has 0 aliphatic carbocycles. The van der Waals surface area contributed by atoms with Gasteiger partial charge in [-0.2, -0.15) is 13.2 Å². The normalized spacial score (nSPS) is 18.2. The average Bonchev–Trinajstić information content (AvgIpc) is 3.29. The Bertz CT molecular complexity index is 1120. The lowest BCUT2D eigenvalue weighted by molar-refractivity contribution is -0.138. The minimum atomic E-state index is -4.54. The van der Waals surface area contributed by atoms with E-state index in [0.717, 1.165) is 43.2 Å². The highest BCUT2D eigenvalue weighted by Gasteiger charge is 2.32. The largest absolute Gasteiger partial charge is 0.463 e. The smallest absolute Gasteiger partial charge is 0.416 e. The second kappa shape index (κ2) is 13.4. The predicted molar refractivity (Wildman–Crippen MR) is 137 cm³/mol. The van der Waals surface area contributed by atoms with Crippen LogP contribution < -0.4 is 0 Å². The van der Waals surface area contributed by atoms with Crippen LogP contribution in [0.4, 0.5) is 17.6 Å². The molecule has 1 N–H and O–H groups in total. The monoisotopic (exact) mass is 537 g/mol. The first-order valence-corrected chi connectivity index (χ1v) is 12.8. The fraction of sp³-hybridized carbons (Fsp3) is 0.483. The van der Waals surface area contributed by atoms with Gasteiger partial charge in [0.05, 0.1) is 31.0 Å². The number of likely N-dealkylation sites (tertiary alicyclic amines) is 1. The van der Waals surface area contributed by atoms with Gasteiger partial charge in [0, 0.05) is 18.7 Å². The molecule has 1 aliphatic heterocycles. The highest BCUT2D eigenvalue weighted by atomic mass is 19.4. The van der Waals surface area contributed by atoms with Crippen LogP contribution in [-0.2, 0) is 26.9 Å². The number of rotatable bonds is 11. The number of benzene rings is 2. The summed E-state index contributed by atoms with van der Waals surface area (Å²) in [7, 11) is 0. The predicted octanol–water partition coefficient (Wildman–Crippen LogP) is 5.87. The third kappa shape index (κ3) is 8.38. The quantitative estimate of drug-likeness (QED) is 0.221. The lowest BCUT2D eigenvalue weighted by Crippen LogP contribution is -2.39. The summed E-state index contributed by atoms with van der Waals surface area (Å²) < 4.78 is 64.7. The maximum atomic E-state index is 14.0. The number of aliphatic hydroxyl groups is 1. The molecule has 0 aromatic heterocycles. The van der Waals surface area contributed by atoms with Crippen molar-refractivity contribution in [1.82, 2.24) is 4.90 Å². The fourth-order valence-corrected chi connectivity index (χ4v) is 4.67. The standard InChI is InChI=1S/C29H35F4NO4/c1-4-37-28(36)12-10-22-9-11-23(29(31,32)33)16-26(22)20(3)38-18-25(35)17-34-13-5-6-24(34)14-21-8-7-19(2)27(30)15-21/h7-12,15-16,20,24-25,35H,4-6,13-14,17-18H2,1-3H3/b12-10+/t20-,24+,25-/m1/s1. The molecular weight excluding hydrogens is 502 g/mol. The molecule has 0 saturated carbocycles. The van der Waals surface area contributed by atoms with Crippen molar-refractivity contribution in [3.8, 4) is 0 Å². The number of hydrogen-bond acceptors (Lipinski definition) is 5. The van der Waals surface area contributed by atoms with E-state index in [1.807, 2.05) is 6.07 Å². The number of β-amino-alcohol motifs (C(OH)–C–C–N with tert-alkyl or cyclic N) is 1. The summed E-state index contributed by atoms with van der Waals surface area (Å²) in [4.78, 5) is 13.8. The van der Waals surface area contributed by atoms with Gasteiger partial charge in [0.25, 0.3) is 0 Å². The van der Waals surface area contributed by atoms with Gasteiger partial charge in [-0.3, -0.25) is 4.90 Å². The topological polar surface area (TPSA) is 59.0 Å². The van der Waals surface area contributed by atoms with Gasteiger partial charge in [-0.1, -0.05) is 18.2 Å². The van der Waals surface area contributed by atoms with Crippen molar-refractivity contribution in [2.75, 3.05) is 26.3 Å². The van der Waals surface area contributed by atoms with E-state index in [1.54, 1.807) is 32.9 Å². The zero-order valence-electron chi connectivity index (χ0n) is 21.9. The summed E-state index contributed by atoms with van der Waals surface area (Å²) in [5, 5.41) is 10.7. The summed E-state index contributed by atoms with van der Waals surface area (Å²) in [6.07, 6.45) is -1.07. The Hall–Kier alpha value is -2.75. The van der Waals surface area contributed by atoms with Crippen molar-refractivity contribution in [1.29, 1.82) is 0 Å². The van der Waals surface area contributed by atoms with E-state index in [9.17, 15) is 27.5 Å². The Morgan fingerprint density at radius 3 is 2.68 bits per heavy atom.